The Bertz CT molecular complexity index is 1330. The van der Waals surface area contributed by atoms with Gasteiger partial charge in [0.05, 0.1) is 28.9 Å². The van der Waals surface area contributed by atoms with Crippen molar-refractivity contribution >= 4 is 5.69 Å². The van der Waals surface area contributed by atoms with Gasteiger partial charge in [-0.3, -0.25) is 4.79 Å². The number of benzene rings is 2. The number of aromatic nitrogens is 4. The summed E-state index contributed by atoms with van der Waals surface area (Å²) in [7, 11) is 0. The standard InChI is InChI=1S/C26H27N5O2/c1-19-18-21(29-16-12-26(2,33)13-17-29)8-9-22(19)30-15-11-24(32)25(28-30)23-10-14-27-31(23)20-6-4-3-5-7-20/h3-11,14-15,18,33H,12-13,16-17H2,1-2H3. The summed E-state index contributed by atoms with van der Waals surface area (Å²) in [5.74, 6) is 0. The minimum Gasteiger partial charge on any atom is -0.390 e. The van der Waals surface area contributed by atoms with Crippen LogP contribution in [0.25, 0.3) is 22.8 Å². The molecule has 1 N–H and O–H groups in total. The molecule has 0 radical (unpaired) electrons. The summed E-state index contributed by atoms with van der Waals surface area (Å²) in [4.78, 5) is 15.0. The number of hydrogen-bond donors (Lipinski definition) is 1. The second-order valence-corrected chi connectivity index (χ2v) is 8.89. The molecule has 1 aliphatic heterocycles. The molecule has 1 fully saturated rings. The van der Waals surface area contributed by atoms with Crippen LogP contribution in [0.3, 0.4) is 0 Å². The summed E-state index contributed by atoms with van der Waals surface area (Å²) in [6, 6.07) is 19.3. The van der Waals surface area contributed by atoms with Crippen molar-refractivity contribution in [2.75, 3.05) is 18.0 Å². The SMILES string of the molecule is Cc1cc(N2CCC(C)(O)CC2)ccc1-n1ccc(=O)c(-c2ccnn2-c2ccccc2)n1. The summed E-state index contributed by atoms with van der Waals surface area (Å²) in [6.07, 6.45) is 4.90. The molecule has 0 amide bonds. The van der Waals surface area contributed by atoms with E-state index in [2.05, 4.69) is 27.2 Å². The molecule has 3 heterocycles. The maximum Gasteiger partial charge on any atom is 0.209 e. The fraction of sp³-hybridized carbons (Fsp3) is 0.269. The summed E-state index contributed by atoms with van der Waals surface area (Å²) < 4.78 is 3.48. The predicted molar refractivity (Wildman–Crippen MR) is 129 cm³/mol. The molecule has 0 saturated carbocycles. The van der Waals surface area contributed by atoms with Gasteiger partial charge in [0.1, 0.15) is 0 Å². The largest absolute Gasteiger partial charge is 0.390 e. The number of rotatable bonds is 4. The zero-order chi connectivity index (χ0) is 23.0. The lowest BCUT2D eigenvalue weighted by Crippen LogP contribution is -2.42. The first-order valence-corrected chi connectivity index (χ1v) is 11.2. The molecule has 7 nitrogen and oxygen atoms in total. The maximum absolute atomic E-state index is 12.7. The summed E-state index contributed by atoms with van der Waals surface area (Å²) in [5.41, 5.74) is 4.24. The Morgan fingerprint density at radius 2 is 1.73 bits per heavy atom. The zero-order valence-corrected chi connectivity index (χ0v) is 18.8. The second kappa shape index (κ2) is 8.33. The van der Waals surface area contributed by atoms with Gasteiger partial charge in [-0.05, 0) is 68.7 Å². The molecule has 7 heteroatoms. The number of para-hydroxylation sites is 1. The van der Waals surface area contributed by atoms with Gasteiger partial charge in [-0.2, -0.15) is 10.2 Å². The van der Waals surface area contributed by atoms with Crippen molar-refractivity contribution in [3.8, 4) is 22.8 Å². The van der Waals surface area contributed by atoms with Gasteiger partial charge in [0.25, 0.3) is 0 Å². The minimum absolute atomic E-state index is 0.154. The third-order valence-electron chi connectivity index (χ3n) is 6.33. The highest BCUT2D eigenvalue weighted by Gasteiger charge is 2.27. The molecular weight excluding hydrogens is 414 g/mol. The van der Waals surface area contributed by atoms with Crippen LogP contribution in [0.1, 0.15) is 25.3 Å². The maximum atomic E-state index is 12.7. The monoisotopic (exact) mass is 441 g/mol. The van der Waals surface area contributed by atoms with Crippen LogP contribution in [-0.4, -0.2) is 43.4 Å². The normalized spacial score (nSPS) is 15.5. The highest BCUT2D eigenvalue weighted by molar-refractivity contribution is 5.59. The molecule has 1 aliphatic rings. The molecule has 5 rings (SSSR count). The molecule has 0 bridgehead atoms. The summed E-state index contributed by atoms with van der Waals surface area (Å²) in [6.45, 7) is 5.61. The lowest BCUT2D eigenvalue weighted by Gasteiger charge is -2.37. The summed E-state index contributed by atoms with van der Waals surface area (Å²) in [5, 5.41) is 19.3. The third-order valence-corrected chi connectivity index (χ3v) is 6.33. The molecule has 1 saturated heterocycles. The zero-order valence-electron chi connectivity index (χ0n) is 18.8. The van der Waals surface area contributed by atoms with E-state index in [4.69, 9.17) is 0 Å². The molecule has 2 aromatic heterocycles. The molecule has 4 aromatic rings. The van der Waals surface area contributed by atoms with Gasteiger partial charge in [0.15, 0.2) is 5.69 Å². The van der Waals surface area contributed by atoms with Gasteiger partial charge in [0, 0.05) is 31.0 Å². The Morgan fingerprint density at radius 1 is 0.970 bits per heavy atom. The van der Waals surface area contributed by atoms with Crippen molar-refractivity contribution in [1.29, 1.82) is 0 Å². The van der Waals surface area contributed by atoms with Crippen LogP contribution >= 0.6 is 0 Å². The van der Waals surface area contributed by atoms with Crippen molar-refractivity contribution in [2.45, 2.75) is 32.3 Å². The molecular formula is C26H27N5O2. The molecule has 33 heavy (non-hydrogen) atoms. The van der Waals surface area contributed by atoms with E-state index >= 15 is 0 Å². The average Bonchev–Trinajstić information content (AvgIpc) is 3.30. The number of nitrogens with zero attached hydrogens (tertiary/aromatic N) is 5. The number of aryl methyl sites for hydroxylation is 1. The Balaban J connectivity index is 1.48. The lowest BCUT2D eigenvalue weighted by molar-refractivity contribution is 0.0351. The van der Waals surface area contributed by atoms with E-state index in [0.29, 0.717) is 11.4 Å². The molecule has 0 atom stereocenters. The van der Waals surface area contributed by atoms with Gasteiger partial charge < -0.3 is 10.0 Å². The van der Waals surface area contributed by atoms with E-state index in [1.165, 1.54) is 0 Å². The predicted octanol–water partition coefficient (Wildman–Crippen LogP) is 3.74. The first kappa shape index (κ1) is 21.2. The van der Waals surface area contributed by atoms with Gasteiger partial charge in [-0.25, -0.2) is 9.36 Å². The smallest absolute Gasteiger partial charge is 0.209 e. The number of piperidine rings is 1. The number of hydrogen-bond acceptors (Lipinski definition) is 5. The fourth-order valence-corrected chi connectivity index (χ4v) is 4.32. The summed E-state index contributed by atoms with van der Waals surface area (Å²) >= 11 is 0. The van der Waals surface area contributed by atoms with E-state index in [1.807, 2.05) is 56.3 Å². The lowest BCUT2D eigenvalue weighted by atomic mass is 9.93. The van der Waals surface area contributed by atoms with Crippen LogP contribution in [0, 0.1) is 6.92 Å². The quantitative estimate of drug-likeness (QED) is 0.522. The van der Waals surface area contributed by atoms with E-state index in [-0.39, 0.29) is 5.43 Å². The van der Waals surface area contributed by atoms with Crippen LogP contribution in [-0.2, 0) is 0 Å². The van der Waals surface area contributed by atoms with Crippen LogP contribution in [0.2, 0.25) is 0 Å². The Hall–Kier alpha value is -3.71. The highest BCUT2D eigenvalue weighted by atomic mass is 16.3. The van der Waals surface area contributed by atoms with Gasteiger partial charge in [-0.1, -0.05) is 18.2 Å². The first-order chi connectivity index (χ1) is 15.9. The van der Waals surface area contributed by atoms with Crippen LogP contribution in [0.5, 0.6) is 0 Å². The topological polar surface area (TPSA) is 76.2 Å². The van der Waals surface area contributed by atoms with E-state index in [0.717, 1.165) is 48.6 Å². The second-order valence-electron chi connectivity index (χ2n) is 8.89. The van der Waals surface area contributed by atoms with Crippen LogP contribution in [0.15, 0.2) is 77.9 Å². The minimum atomic E-state index is -0.575. The fourth-order valence-electron chi connectivity index (χ4n) is 4.32. The number of aliphatic hydroxyl groups is 1. The van der Waals surface area contributed by atoms with E-state index in [9.17, 15) is 9.90 Å². The van der Waals surface area contributed by atoms with Gasteiger partial charge in [0.2, 0.25) is 5.43 Å². The Labute approximate surface area is 192 Å². The first-order valence-electron chi connectivity index (χ1n) is 11.2. The Kier molecular flexibility index (Phi) is 5.34. The molecule has 0 unspecified atom stereocenters. The number of anilines is 1. The van der Waals surface area contributed by atoms with Crippen molar-refractivity contribution in [3.63, 3.8) is 0 Å². The third kappa shape index (κ3) is 4.19. The van der Waals surface area contributed by atoms with Gasteiger partial charge >= 0.3 is 0 Å². The highest BCUT2D eigenvalue weighted by Crippen LogP contribution is 2.28. The Morgan fingerprint density at radius 3 is 2.45 bits per heavy atom. The molecule has 168 valence electrons. The van der Waals surface area contributed by atoms with Crippen LogP contribution in [0.4, 0.5) is 5.69 Å². The molecule has 0 spiro atoms. The van der Waals surface area contributed by atoms with E-state index in [1.54, 1.807) is 27.8 Å². The van der Waals surface area contributed by atoms with Crippen molar-refractivity contribution < 1.29 is 5.11 Å². The molecule has 0 aliphatic carbocycles. The van der Waals surface area contributed by atoms with Gasteiger partial charge in [-0.15, -0.1) is 0 Å². The van der Waals surface area contributed by atoms with Crippen molar-refractivity contribution in [2.24, 2.45) is 0 Å². The molecule has 2 aromatic carbocycles. The average molecular weight is 442 g/mol. The van der Waals surface area contributed by atoms with E-state index < -0.39 is 5.60 Å². The van der Waals surface area contributed by atoms with Crippen molar-refractivity contribution in [1.82, 2.24) is 19.6 Å². The van der Waals surface area contributed by atoms with Crippen molar-refractivity contribution in [3.05, 3.63) is 88.8 Å². The van der Waals surface area contributed by atoms with Crippen LogP contribution < -0.4 is 10.3 Å².